The highest BCUT2D eigenvalue weighted by atomic mass is 35.5. The molecule has 0 radical (unpaired) electrons. The van der Waals surface area contributed by atoms with E-state index in [-0.39, 0.29) is 10.7 Å². The highest BCUT2D eigenvalue weighted by molar-refractivity contribution is 6.33. The number of nitrogens with zero attached hydrogens (tertiary/aromatic N) is 3. The lowest BCUT2D eigenvalue weighted by Gasteiger charge is -2.18. The molecule has 0 fully saturated rings. The van der Waals surface area contributed by atoms with Gasteiger partial charge in [0.2, 0.25) is 6.10 Å². The second-order valence-electron chi connectivity index (χ2n) is 7.75. The minimum atomic E-state index is -1.24. The third kappa shape index (κ3) is 5.50. The Kier molecular flexibility index (Phi) is 7.12. The normalized spacial score (nSPS) is 11.5. The van der Waals surface area contributed by atoms with Gasteiger partial charge in [-0.2, -0.15) is 5.10 Å². The lowest BCUT2D eigenvalue weighted by Crippen LogP contribution is -2.26. The first-order chi connectivity index (χ1) is 16.9. The zero-order chi connectivity index (χ0) is 24.9. The van der Waals surface area contributed by atoms with Gasteiger partial charge in [-0.1, -0.05) is 41.9 Å². The number of aryl methyl sites for hydroxylation is 2. The average molecular weight is 491 g/mol. The molecular weight excluding hydrogens is 468 g/mol. The highest BCUT2D eigenvalue weighted by Gasteiger charge is 2.28. The quantitative estimate of drug-likeness (QED) is 0.363. The largest absolute Gasteiger partial charge is 0.497 e. The van der Waals surface area contributed by atoms with Gasteiger partial charge < -0.3 is 14.8 Å². The first-order valence-electron chi connectivity index (χ1n) is 10.8. The van der Waals surface area contributed by atoms with Crippen molar-refractivity contribution < 1.29 is 19.1 Å². The SMILES string of the molecule is COc1ccc(NC(=O)C(OC(=O)c2nc(-n3nc(C)cc3C)ccc2Cl)c2ccccc2)cc1. The van der Waals surface area contributed by atoms with Crippen LogP contribution in [-0.4, -0.2) is 33.8 Å². The van der Waals surface area contributed by atoms with E-state index >= 15 is 0 Å². The number of hydrogen-bond donors (Lipinski definition) is 1. The predicted octanol–water partition coefficient (Wildman–Crippen LogP) is 5.08. The van der Waals surface area contributed by atoms with Gasteiger partial charge in [0.05, 0.1) is 17.8 Å². The number of pyridine rings is 1. The number of halogens is 1. The van der Waals surface area contributed by atoms with Gasteiger partial charge >= 0.3 is 5.97 Å². The maximum Gasteiger partial charge on any atom is 0.359 e. The molecule has 1 N–H and O–H groups in total. The Morgan fingerprint density at radius 2 is 1.71 bits per heavy atom. The Labute approximate surface area is 207 Å². The molecule has 0 aliphatic heterocycles. The molecule has 1 atom stereocenters. The molecule has 0 saturated carbocycles. The van der Waals surface area contributed by atoms with Crippen molar-refractivity contribution in [3.05, 3.63) is 100 Å². The van der Waals surface area contributed by atoms with Crippen molar-refractivity contribution >= 4 is 29.2 Å². The van der Waals surface area contributed by atoms with E-state index in [0.717, 1.165) is 11.4 Å². The number of amides is 1. The second kappa shape index (κ2) is 10.4. The number of aromatic nitrogens is 3. The molecule has 35 heavy (non-hydrogen) atoms. The molecule has 2 aromatic heterocycles. The third-order valence-corrected chi connectivity index (χ3v) is 5.48. The van der Waals surface area contributed by atoms with Gasteiger partial charge in [-0.15, -0.1) is 0 Å². The number of ether oxygens (including phenoxy) is 2. The second-order valence-corrected chi connectivity index (χ2v) is 8.16. The van der Waals surface area contributed by atoms with E-state index in [1.807, 2.05) is 19.9 Å². The summed E-state index contributed by atoms with van der Waals surface area (Å²) in [6.45, 7) is 3.74. The molecule has 9 heteroatoms. The summed E-state index contributed by atoms with van der Waals surface area (Å²) in [6, 6.07) is 20.6. The number of carbonyl (C=O) groups is 2. The van der Waals surface area contributed by atoms with Crippen LogP contribution in [0.4, 0.5) is 5.69 Å². The minimum absolute atomic E-state index is 0.0997. The summed E-state index contributed by atoms with van der Waals surface area (Å²) < 4.78 is 12.4. The summed E-state index contributed by atoms with van der Waals surface area (Å²) in [5.74, 6) is -0.305. The van der Waals surface area contributed by atoms with Gasteiger partial charge in [0.15, 0.2) is 11.5 Å². The van der Waals surface area contributed by atoms with E-state index in [9.17, 15) is 9.59 Å². The molecule has 0 aliphatic carbocycles. The molecule has 4 rings (SSSR count). The van der Waals surface area contributed by atoms with Crippen LogP contribution in [0.1, 0.15) is 33.5 Å². The first kappa shape index (κ1) is 24.0. The monoisotopic (exact) mass is 490 g/mol. The van der Waals surface area contributed by atoms with Crippen LogP contribution in [0.2, 0.25) is 5.02 Å². The molecule has 0 aliphatic rings. The van der Waals surface area contributed by atoms with Crippen LogP contribution in [-0.2, 0) is 9.53 Å². The van der Waals surface area contributed by atoms with Crippen molar-refractivity contribution in [2.45, 2.75) is 20.0 Å². The summed E-state index contributed by atoms with van der Waals surface area (Å²) in [5, 5.41) is 7.26. The van der Waals surface area contributed by atoms with Crippen molar-refractivity contribution in [2.24, 2.45) is 0 Å². The fourth-order valence-corrected chi connectivity index (χ4v) is 3.68. The van der Waals surface area contributed by atoms with E-state index in [0.29, 0.717) is 22.8 Å². The number of methoxy groups -OCH3 is 1. The maximum absolute atomic E-state index is 13.2. The number of esters is 1. The summed E-state index contributed by atoms with van der Waals surface area (Å²) in [7, 11) is 1.56. The molecular formula is C26H23ClN4O4. The van der Waals surface area contributed by atoms with Crippen molar-refractivity contribution in [1.29, 1.82) is 0 Å². The van der Waals surface area contributed by atoms with Gasteiger partial charge in [-0.25, -0.2) is 14.5 Å². The molecule has 0 spiro atoms. The van der Waals surface area contributed by atoms with Crippen LogP contribution in [0.25, 0.3) is 5.82 Å². The fourth-order valence-electron chi connectivity index (χ4n) is 3.50. The summed E-state index contributed by atoms with van der Waals surface area (Å²) in [4.78, 5) is 30.7. The van der Waals surface area contributed by atoms with Gasteiger partial charge in [0, 0.05) is 16.9 Å². The van der Waals surface area contributed by atoms with Crippen LogP contribution in [0.3, 0.4) is 0 Å². The van der Waals surface area contributed by atoms with Crippen molar-refractivity contribution in [2.75, 3.05) is 12.4 Å². The summed E-state index contributed by atoms with van der Waals surface area (Å²) in [6.07, 6.45) is -1.24. The zero-order valence-corrected chi connectivity index (χ0v) is 20.1. The number of rotatable bonds is 7. The molecule has 8 nitrogen and oxygen atoms in total. The molecule has 178 valence electrons. The van der Waals surface area contributed by atoms with Gasteiger partial charge in [-0.3, -0.25) is 4.79 Å². The Balaban J connectivity index is 1.62. The summed E-state index contributed by atoms with van der Waals surface area (Å²) in [5.41, 5.74) is 2.56. The minimum Gasteiger partial charge on any atom is -0.497 e. The Morgan fingerprint density at radius 3 is 2.34 bits per heavy atom. The highest BCUT2D eigenvalue weighted by Crippen LogP contribution is 2.25. The van der Waals surface area contributed by atoms with Crippen LogP contribution in [0.5, 0.6) is 5.75 Å². The number of anilines is 1. The molecule has 1 unspecified atom stereocenters. The fraction of sp³-hybridized carbons (Fsp3) is 0.154. The first-order valence-corrected chi connectivity index (χ1v) is 11.1. The Morgan fingerprint density at radius 1 is 1.00 bits per heavy atom. The van der Waals surface area contributed by atoms with E-state index in [1.54, 1.807) is 78.5 Å². The lowest BCUT2D eigenvalue weighted by molar-refractivity contribution is -0.125. The van der Waals surface area contributed by atoms with Crippen molar-refractivity contribution in [3.8, 4) is 11.6 Å². The molecule has 2 aromatic carbocycles. The Hall–Kier alpha value is -4.17. The van der Waals surface area contributed by atoms with Gasteiger partial charge in [0.25, 0.3) is 5.91 Å². The van der Waals surface area contributed by atoms with E-state index in [1.165, 1.54) is 0 Å². The molecule has 1 amide bonds. The average Bonchev–Trinajstić information content (AvgIpc) is 3.21. The standard InChI is InChI=1S/C26H23ClN4O4/c1-16-15-17(2)31(30-16)22-14-13-21(27)23(29-22)26(33)35-24(18-7-5-4-6-8-18)25(32)28-19-9-11-20(34-3)12-10-19/h4-15,24H,1-3H3,(H,28,32). The van der Waals surface area contributed by atoms with Gasteiger partial charge in [0.1, 0.15) is 5.75 Å². The van der Waals surface area contributed by atoms with E-state index in [4.69, 9.17) is 21.1 Å². The van der Waals surface area contributed by atoms with Crippen molar-refractivity contribution in [1.82, 2.24) is 14.8 Å². The smallest absolute Gasteiger partial charge is 0.359 e. The number of benzene rings is 2. The topological polar surface area (TPSA) is 95.3 Å². The zero-order valence-electron chi connectivity index (χ0n) is 19.4. The molecule has 4 aromatic rings. The van der Waals surface area contributed by atoms with E-state index in [2.05, 4.69) is 15.4 Å². The van der Waals surface area contributed by atoms with Gasteiger partial charge in [-0.05, 0) is 56.3 Å². The molecule has 2 heterocycles. The lowest BCUT2D eigenvalue weighted by atomic mass is 10.1. The van der Waals surface area contributed by atoms with Crippen LogP contribution >= 0.6 is 11.6 Å². The third-order valence-electron chi connectivity index (χ3n) is 5.17. The van der Waals surface area contributed by atoms with Crippen molar-refractivity contribution in [3.63, 3.8) is 0 Å². The number of carbonyl (C=O) groups excluding carboxylic acids is 2. The maximum atomic E-state index is 13.2. The Bertz CT molecular complexity index is 1350. The van der Waals surface area contributed by atoms with Crippen LogP contribution in [0.15, 0.2) is 72.8 Å². The van der Waals surface area contributed by atoms with E-state index < -0.39 is 18.0 Å². The number of hydrogen-bond acceptors (Lipinski definition) is 6. The summed E-state index contributed by atoms with van der Waals surface area (Å²) >= 11 is 6.29. The predicted molar refractivity (Wildman–Crippen MR) is 132 cm³/mol. The van der Waals surface area contributed by atoms with Crippen LogP contribution < -0.4 is 10.1 Å². The molecule has 0 bridgehead atoms. The molecule has 0 saturated heterocycles. The number of nitrogens with one attached hydrogen (secondary N) is 1. The van der Waals surface area contributed by atoms with Crippen LogP contribution in [0, 0.1) is 13.8 Å².